The molecule has 72 valence electrons. The van der Waals surface area contributed by atoms with Crippen LogP contribution in [-0.4, -0.2) is 6.54 Å². The van der Waals surface area contributed by atoms with E-state index in [1.807, 2.05) is 0 Å². The lowest BCUT2D eigenvalue weighted by Gasteiger charge is -2.03. The summed E-state index contributed by atoms with van der Waals surface area (Å²) in [5.74, 6) is -6.35. The normalized spacial score (nSPS) is 10.5. The predicted molar refractivity (Wildman–Crippen MR) is 39.0 cm³/mol. The summed E-state index contributed by atoms with van der Waals surface area (Å²) in [5.41, 5.74) is 4.81. The highest BCUT2D eigenvalue weighted by Crippen LogP contribution is 2.18. The molecule has 1 nitrogen and oxygen atoms in total. The van der Waals surface area contributed by atoms with Crippen LogP contribution in [0.5, 0.6) is 0 Å². The molecular formula is C8H7F4N. The summed E-state index contributed by atoms with van der Waals surface area (Å²) in [6.45, 7) is 0.0431. The van der Waals surface area contributed by atoms with Gasteiger partial charge in [-0.05, 0) is 24.6 Å². The zero-order valence-electron chi connectivity index (χ0n) is 6.58. The molecule has 1 aromatic carbocycles. The van der Waals surface area contributed by atoms with Gasteiger partial charge in [0.1, 0.15) is 0 Å². The molecule has 0 aliphatic heterocycles. The van der Waals surface area contributed by atoms with Crippen molar-refractivity contribution in [2.24, 2.45) is 5.73 Å². The molecule has 0 aliphatic rings. The first-order chi connectivity index (χ1) is 6.07. The first kappa shape index (κ1) is 9.98. The summed E-state index contributed by atoms with van der Waals surface area (Å²) in [6, 6.07) is 0.612. The minimum absolute atomic E-state index is 0.0278. The molecule has 5 heteroatoms. The van der Waals surface area contributed by atoms with Crippen LogP contribution in [0.15, 0.2) is 6.07 Å². The summed E-state index contributed by atoms with van der Waals surface area (Å²) in [6.07, 6.45) is -0.0278. The lowest BCUT2D eigenvalue weighted by Crippen LogP contribution is -2.08. The minimum atomic E-state index is -1.79. The molecule has 0 spiro atoms. The van der Waals surface area contributed by atoms with Crippen LogP contribution >= 0.6 is 0 Å². The van der Waals surface area contributed by atoms with E-state index in [9.17, 15) is 17.6 Å². The SMILES string of the molecule is NCCc1cc(F)c(F)c(F)c1F. The largest absolute Gasteiger partial charge is 0.330 e. The molecule has 1 aromatic rings. The lowest BCUT2D eigenvalue weighted by molar-refractivity contribution is 0.404. The van der Waals surface area contributed by atoms with Crippen LogP contribution in [0.4, 0.5) is 17.6 Å². The van der Waals surface area contributed by atoms with Crippen LogP contribution in [0.2, 0.25) is 0 Å². The molecule has 0 amide bonds. The van der Waals surface area contributed by atoms with Gasteiger partial charge in [0.2, 0.25) is 0 Å². The van der Waals surface area contributed by atoms with E-state index >= 15 is 0 Å². The topological polar surface area (TPSA) is 26.0 Å². The van der Waals surface area contributed by atoms with Crippen LogP contribution in [-0.2, 0) is 6.42 Å². The second-order valence-corrected chi connectivity index (χ2v) is 2.50. The standard InChI is InChI=1S/C8H7F4N/c9-5-3-4(1-2-13)6(10)8(12)7(5)11/h3H,1-2,13H2. The summed E-state index contributed by atoms with van der Waals surface area (Å²) < 4.78 is 50.2. The molecule has 1 rings (SSSR count). The lowest BCUT2D eigenvalue weighted by atomic mass is 10.1. The molecule has 0 atom stereocenters. The molecule has 0 aliphatic carbocycles. The molecule has 13 heavy (non-hydrogen) atoms. The summed E-state index contributed by atoms with van der Waals surface area (Å²) in [4.78, 5) is 0. The third-order valence-electron chi connectivity index (χ3n) is 1.59. The molecule has 2 N–H and O–H groups in total. The monoisotopic (exact) mass is 193 g/mol. The summed E-state index contributed by atoms with van der Waals surface area (Å²) in [5, 5.41) is 0. The Morgan fingerprint density at radius 2 is 1.62 bits per heavy atom. The molecule has 0 radical (unpaired) electrons. The van der Waals surface area contributed by atoms with Gasteiger partial charge in [-0.3, -0.25) is 0 Å². The van der Waals surface area contributed by atoms with Crippen LogP contribution in [0, 0.1) is 23.3 Å². The van der Waals surface area contributed by atoms with Gasteiger partial charge in [-0.2, -0.15) is 0 Å². The van der Waals surface area contributed by atoms with Gasteiger partial charge in [0.15, 0.2) is 23.3 Å². The predicted octanol–water partition coefficient (Wildman–Crippen LogP) is 1.74. The number of rotatable bonds is 2. The maximum absolute atomic E-state index is 12.8. The highest BCUT2D eigenvalue weighted by molar-refractivity contribution is 5.22. The Kier molecular flexibility index (Phi) is 2.87. The fourth-order valence-corrected chi connectivity index (χ4v) is 0.959. The maximum atomic E-state index is 12.8. The van der Waals surface area contributed by atoms with Crippen LogP contribution in [0.3, 0.4) is 0 Å². The Balaban J connectivity index is 3.24. The molecule has 0 bridgehead atoms. The first-order valence-corrected chi connectivity index (χ1v) is 3.60. The third-order valence-corrected chi connectivity index (χ3v) is 1.59. The van der Waals surface area contributed by atoms with Gasteiger partial charge in [0, 0.05) is 0 Å². The molecule has 0 fully saturated rings. The molecule has 0 heterocycles. The van der Waals surface area contributed by atoms with Crippen LogP contribution < -0.4 is 5.73 Å². The highest BCUT2D eigenvalue weighted by Gasteiger charge is 2.17. The number of hydrogen-bond acceptors (Lipinski definition) is 1. The van der Waals surface area contributed by atoms with E-state index in [4.69, 9.17) is 5.73 Å². The van der Waals surface area contributed by atoms with E-state index in [-0.39, 0.29) is 18.5 Å². The Hall–Kier alpha value is -1.10. The van der Waals surface area contributed by atoms with E-state index in [0.717, 1.165) is 0 Å². The number of hydrogen-bond donors (Lipinski definition) is 1. The zero-order chi connectivity index (χ0) is 10.0. The van der Waals surface area contributed by atoms with Crippen molar-refractivity contribution in [3.63, 3.8) is 0 Å². The smallest absolute Gasteiger partial charge is 0.197 e. The van der Waals surface area contributed by atoms with Crippen molar-refractivity contribution < 1.29 is 17.6 Å². The second kappa shape index (κ2) is 3.74. The molecule has 0 aromatic heterocycles. The van der Waals surface area contributed by atoms with Gasteiger partial charge >= 0.3 is 0 Å². The van der Waals surface area contributed by atoms with Gasteiger partial charge in [0.05, 0.1) is 0 Å². The van der Waals surface area contributed by atoms with E-state index in [2.05, 4.69) is 0 Å². The Morgan fingerprint density at radius 3 is 2.15 bits per heavy atom. The second-order valence-electron chi connectivity index (χ2n) is 2.50. The van der Waals surface area contributed by atoms with E-state index in [1.165, 1.54) is 0 Å². The number of nitrogens with two attached hydrogens (primary N) is 1. The minimum Gasteiger partial charge on any atom is -0.330 e. The van der Waals surface area contributed by atoms with Gasteiger partial charge in [-0.25, -0.2) is 17.6 Å². The molecule has 0 saturated heterocycles. The van der Waals surface area contributed by atoms with Crippen molar-refractivity contribution >= 4 is 0 Å². The summed E-state index contributed by atoms with van der Waals surface area (Å²) >= 11 is 0. The quantitative estimate of drug-likeness (QED) is 0.432. The van der Waals surface area contributed by atoms with Crippen molar-refractivity contribution in [1.82, 2.24) is 0 Å². The summed E-state index contributed by atoms with van der Waals surface area (Å²) in [7, 11) is 0. The average molecular weight is 193 g/mol. The number of halogens is 4. The fraction of sp³-hybridized carbons (Fsp3) is 0.250. The molecule has 0 saturated carbocycles. The van der Waals surface area contributed by atoms with E-state index < -0.39 is 23.3 Å². The van der Waals surface area contributed by atoms with E-state index in [0.29, 0.717) is 6.07 Å². The van der Waals surface area contributed by atoms with Crippen molar-refractivity contribution in [2.45, 2.75) is 6.42 Å². The van der Waals surface area contributed by atoms with Crippen LogP contribution in [0.1, 0.15) is 5.56 Å². The number of benzene rings is 1. The van der Waals surface area contributed by atoms with E-state index in [1.54, 1.807) is 0 Å². The van der Waals surface area contributed by atoms with Gasteiger partial charge in [-0.15, -0.1) is 0 Å². The zero-order valence-corrected chi connectivity index (χ0v) is 6.58. The Labute approximate surface area is 72.2 Å². The Morgan fingerprint density at radius 1 is 1.00 bits per heavy atom. The highest BCUT2D eigenvalue weighted by atomic mass is 19.2. The van der Waals surface area contributed by atoms with Gasteiger partial charge in [-0.1, -0.05) is 0 Å². The third kappa shape index (κ3) is 1.80. The van der Waals surface area contributed by atoms with Crippen LogP contribution in [0.25, 0.3) is 0 Å². The molecule has 0 unspecified atom stereocenters. The van der Waals surface area contributed by atoms with Crippen molar-refractivity contribution in [2.75, 3.05) is 6.54 Å². The van der Waals surface area contributed by atoms with Crippen molar-refractivity contribution in [1.29, 1.82) is 0 Å². The van der Waals surface area contributed by atoms with Gasteiger partial charge < -0.3 is 5.73 Å². The maximum Gasteiger partial charge on any atom is 0.197 e. The Bertz CT molecular complexity index is 324. The van der Waals surface area contributed by atoms with Crippen molar-refractivity contribution in [3.05, 3.63) is 34.9 Å². The van der Waals surface area contributed by atoms with Crippen molar-refractivity contribution in [3.8, 4) is 0 Å². The average Bonchev–Trinajstić information content (AvgIpc) is 2.11. The molecular weight excluding hydrogens is 186 g/mol. The first-order valence-electron chi connectivity index (χ1n) is 3.60. The fourth-order valence-electron chi connectivity index (χ4n) is 0.959. The van der Waals surface area contributed by atoms with Gasteiger partial charge in [0.25, 0.3) is 0 Å².